The fourth-order valence-corrected chi connectivity index (χ4v) is 9.76. The monoisotopic (exact) mass is 398 g/mol. The summed E-state index contributed by atoms with van der Waals surface area (Å²) in [7, 11) is 0. The van der Waals surface area contributed by atoms with Crippen molar-refractivity contribution < 1.29 is 0 Å². The van der Waals surface area contributed by atoms with Crippen LogP contribution in [-0.4, -0.2) is 26.3 Å². The van der Waals surface area contributed by atoms with Crippen LogP contribution in [0.15, 0.2) is 36.4 Å². The van der Waals surface area contributed by atoms with Crippen LogP contribution in [0.2, 0.25) is 0 Å². The van der Waals surface area contributed by atoms with Gasteiger partial charge in [0.15, 0.2) is 0 Å². The predicted molar refractivity (Wildman–Crippen MR) is 89.2 cm³/mol. The Morgan fingerprint density at radius 2 is 1.11 bits per heavy atom. The van der Waals surface area contributed by atoms with E-state index in [9.17, 15) is 0 Å². The quantitative estimate of drug-likeness (QED) is 0.589. The molecule has 19 heavy (non-hydrogen) atoms. The molecule has 0 fully saturated rings. The summed E-state index contributed by atoms with van der Waals surface area (Å²) < 4.78 is 2.66. The van der Waals surface area contributed by atoms with Gasteiger partial charge in [-0.25, -0.2) is 0 Å². The van der Waals surface area contributed by atoms with Crippen LogP contribution in [0.4, 0.5) is 11.4 Å². The zero-order valence-electron chi connectivity index (χ0n) is 10.9. The standard InChI is InChI=1S/C14H16As2N2.ClH/c1-9-3-5-11(13(17)7-9)15-16-12-6-4-10(2)8-14(12)18;/h3-8H,17-18H2,1-2H3;1H. The van der Waals surface area contributed by atoms with Crippen molar-refractivity contribution in [2.24, 2.45) is 0 Å². The third-order valence-corrected chi connectivity index (χ3v) is 11.2. The van der Waals surface area contributed by atoms with Gasteiger partial charge < -0.3 is 0 Å². The van der Waals surface area contributed by atoms with Gasteiger partial charge in [0.05, 0.1) is 0 Å². The Morgan fingerprint density at radius 1 is 0.737 bits per heavy atom. The van der Waals surface area contributed by atoms with Crippen LogP contribution < -0.4 is 20.2 Å². The Balaban J connectivity index is 0.00000180. The first-order chi connectivity index (χ1) is 8.56. The molecule has 0 heterocycles. The van der Waals surface area contributed by atoms with Crippen molar-refractivity contribution >= 4 is 58.8 Å². The maximum atomic E-state index is 6.05. The minimum absolute atomic E-state index is 0. The Hall–Kier alpha value is -0.553. The molecule has 0 bridgehead atoms. The summed E-state index contributed by atoms with van der Waals surface area (Å²) >= 11 is 0.261. The van der Waals surface area contributed by atoms with E-state index >= 15 is 0 Å². The summed E-state index contributed by atoms with van der Waals surface area (Å²) in [5.41, 5.74) is 16.4. The molecule has 100 valence electrons. The van der Waals surface area contributed by atoms with E-state index in [-0.39, 0.29) is 38.7 Å². The van der Waals surface area contributed by atoms with Gasteiger partial charge in [0.2, 0.25) is 0 Å². The molecular weight excluding hydrogens is 381 g/mol. The van der Waals surface area contributed by atoms with Gasteiger partial charge in [-0.3, -0.25) is 0 Å². The molecule has 0 unspecified atom stereocenters. The van der Waals surface area contributed by atoms with E-state index < -0.39 is 0 Å². The van der Waals surface area contributed by atoms with E-state index in [1.165, 1.54) is 19.8 Å². The molecule has 2 aromatic rings. The summed E-state index contributed by atoms with van der Waals surface area (Å²) in [6.07, 6.45) is 0. The van der Waals surface area contributed by atoms with E-state index in [4.69, 9.17) is 11.5 Å². The molecule has 0 saturated carbocycles. The molecule has 0 radical (unpaired) electrons. The summed E-state index contributed by atoms with van der Waals surface area (Å²) in [5.74, 6) is 0. The molecule has 0 aliphatic heterocycles. The van der Waals surface area contributed by atoms with Crippen LogP contribution in [0.25, 0.3) is 0 Å². The van der Waals surface area contributed by atoms with Crippen molar-refractivity contribution in [2.75, 3.05) is 11.5 Å². The predicted octanol–water partition coefficient (Wildman–Crippen LogP) is 1.16. The van der Waals surface area contributed by atoms with Crippen LogP contribution in [0.1, 0.15) is 11.1 Å². The zero-order valence-corrected chi connectivity index (χ0v) is 15.5. The molecule has 0 atom stereocenters. The molecule has 0 aromatic heterocycles. The number of halogens is 1. The summed E-state index contributed by atoms with van der Waals surface area (Å²) in [6, 6.07) is 12.7. The number of aryl methyl sites for hydroxylation is 2. The fraction of sp³-hybridized carbons (Fsp3) is 0.143. The van der Waals surface area contributed by atoms with Crippen LogP contribution in [0.3, 0.4) is 0 Å². The first-order valence-corrected chi connectivity index (χ1v) is 12.8. The largest absolute Gasteiger partial charge is 0.147 e. The van der Waals surface area contributed by atoms with Gasteiger partial charge in [0, 0.05) is 0 Å². The molecule has 0 spiro atoms. The Kier molecular flexibility index (Phi) is 6.33. The van der Waals surface area contributed by atoms with Crippen LogP contribution >= 0.6 is 12.4 Å². The second-order valence-electron chi connectivity index (χ2n) is 4.32. The number of hydrogen-bond donors (Lipinski definition) is 2. The molecule has 0 aliphatic carbocycles. The van der Waals surface area contributed by atoms with Crippen LogP contribution in [0.5, 0.6) is 0 Å². The second kappa shape index (κ2) is 7.29. The van der Waals surface area contributed by atoms with Gasteiger partial charge in [-0.1, -0.05) is 0 Å². The average Bonchev–Trinajstić information content (AvgIpc) is 2.30. The molecule has 2 rings (SSSR count). The maximum absolute atomic E-state index is 6.05. The number of nitrogens with two attached hydrogens (primary N) is 2. The van der Waals surface area contributed by atoms with Gasteiger partial charge in [-0.2, -0.15) is 0 Å². The van der Waals surface area contributed by atoms with Crippen molar-refractivity contribution in [3.05, 3.63) is 47.5 Å². The normalized spacial score (nSPS) is 10.4. The SMILES string of the molecule is Cc1ccc([As]=[As]c2ccc(C)cc2N)c(N)c1.Cl. The summed E-state index contributed by atoms with van der Waals surface area (Å²) in [4.78, 5) is 0. The molecular formula is C14H17As2ClN2. The second-order valence-corrected chi connectivity index (χ2v) is 11.5. The first-order valence-electron chi connectivity index (χ1n) is 5.70. The molecule has 0 aliphatic rings. The van der Waals surface area contributed by atoms with E-state index in [1.54, 1.807) is 0 Å². The minimum atomic E-state index is 0. The molecule has 0 saturated heterocycles. The summed E-state index contributed by atoms with van der Waals surface area (Å²) in [5, 5.41) is 0. The van der Waals surface area contributed by atoms with Crippen LogP contribution in [0, 0.1) is 13.8 Å². The van der Waals surface area contributed by atoms with Crippen molar-refractivity contribution in [2.45, 2.75) is 13.8 Å². The first kappa shape index (κ1) is 16.5. The van der Waals surface area contributed by atoms with Gasteiger partial charge in [-0.15, -0.1) is 12.4 Å². The summed E-state index contributed by atoms with van der Waals surface area (Å²) in [6.45, 7) is 4.14. The van der Waals surface area contributed by atoms with Gasteiger partial charge >= 0.3 is 119 Å². The minimum Gasteiger partial charge on any atom is -0.147 e. The van der Waals surface area contributed by atoms with Gasteiger partial charge in [-0.05, 0) is 0 Å². The molecule has 5 heteroatoms. The fourth-order valence-electron chi connectivity index (χ4n) is 1.64. The molecule has 2 aromatic carbocycles. The molecule has 4 N–H and O–H groups in total. The van der Waals surface area contributed by atoms with Crippen molar-refractivity contribution in [3.8, 4) is 0 Å². The van der Waals surface area contributed by atoms with Crippen LogP contribution in [-0.2, 0) is 0 Å². The van der Waals surface area contributed by atoms with Crippen molar-refractivity contribution in [1.82, 2.24) is 0 Å². The topological polar surface area (TPSA) is 52.0 Å². The number of anilines is 2. The number of nitrogen functional groups attached to an aromatic ring is 2. The zero-order chi connectivity index (χ0) is 13.1. The maximum Gasteiger partial charge on any atom is -0.147 e. The van der Waals surface area contributed by atoms with Crippen molar-refractivity contribution in [1.29, 1.82) is 0 Å². The van der Waals surface area contributed by atoms with E-state index in [0.29, 0.717) is 0 Å². The Morgan fingerprint density at radius 3 is 1.42 bits per heavy atom. The van der Waals surface area contributed by atoms with Crippen molar-refractivity contribution in [3.63, 3.8) is 0 Å². The van der Waals surface area contributed by atoms with Gasteiger partial charge in [0.1, 0.15) is 0 Å². The van der Waals surface area contributed by atoms with Gasteiger partial charge in [0.25, 0.3) is 0 Å². The molecule has 2 nitrogen and oxygen atoms in total. The van der Waals surface area contributed by atoms with E-state index in [2.05, 4.69) is 50.2 Å². The average molecular weight is 399 g/mol. The third kappa shape index (κ3) is 4.49. The Bertz CT molecular complexity index is 559. The number of hydrogen-bond acceptors (Lipinski definition) is 2. The smallest absolute Gasteiger partial charge is 0.147 e. The Labute approximate surface area is 131 Å². The van der Waals surface area contributed by atoms with E-state index in [1.807, 2.05) is 0 Å². The molecule has 0 amide bonds. The number of rotatable bonds is 2. The van der Waals surface area contributed by atoms with E-state index in [0.717, 1.165) is 11.4 Å². The number of benzene rings is 2. The third-order valence-electron chi connectivity index (χ3n) is 2.63.